The van der Waals surface area contributed by atoms with Gasteiger partial charge in [-0.1, -0.05) is 0 Å². The van der Waals surface area contributed by atoms with Crippen molar-refractivity contribution in [1.82, 2.24) is 19.9 Å². The number of rotatable bonds is 4. The Morgan fingerprint density at radius 3 is 2.58 bits per heavy atom. The highest BCUT2D eigenvalue weighted by Crippen LogP contribution is 2.40. The lowest BCUT2D eigenvalue weighted by atomic mass is 9.81. The maximum atomic E-state index is 13.4. The number of fused-ring (bicyclic) bond motifs is 1. The van der Waals surface area contributed by atoms with Crippen molar-refractivity contribution in [3.05, 3.63) is 29.7 Å². The van der Waals surface area contributed by atoms with Gasteiger partial charge in [-0.3, -0.25) is 4.79 Å². The maximum absolute atomic E-state index is 13.4. The first-order chi connectivity index (χ1) is 14.5. The number of amides is 1. The SMILES string of the molecule is N[C@H](c1cn2ncc(CC3CCC(C(F)(F)F)NC3=O)cc2n1)C1CCC(F)(F)CC1. The Hall–Kier alpha value is -2.30. The van der Waals surface area contributed by atoms with Crippen molar-refractivity contribution in [2.75, 3.05) is 0 Å². The van der Waals surface area contributed by atoms with Gasteiger partial charge in [0.25, 0.3) is 0 Å². The van der Waals surface area contributed by atoms with Gasteiger partial charge in [-0.2, -0.15) is 18.3 Å². The molecule has 3 heterocycles. The topological polar surface area (TPSA) is 85.3 Å². The molecule has 0 spiro atoms. The third kappa shape index (κ3) is 4.81. The molecule has 1 aliphatic heterocycles. The number of nitrogens with one attached hydrogen (secondary N) is 1. The Balaban J connectivity index is 1.43. The van der Waals surface area contributed by atoms with E-state index in [1.807, 2.05) is 5.32 Å². The second-order valence-electron chi connectivity index (χ2n) is 8.63. The molecule has 2 aromatic rings. The van der Waals surface area contributed by atoms with Crippen molar-refractivity contribution < 1.29 is 26.7 Å². The summed E-state index contributed by atoms with van der Waals surface area (Å²) in [4.78, 5) is 16.6. The van der Waals surface area contributed by atoms with Gasteiger partial charge >= 0.3 is 6.18 Å². The van der Waals surface area contributed by atoms with Crippen LogP contribution in [0.15, 0.2) is 18.5 Å². The first kappa shape index (κ1) is 21.9. The predicted octanol–water partition coefficient (Wildman–Crippen LogP) is 3.55. The van der Waals surface area contributed by atoms with E-state index >= 15 is 0 Å². The highest BCUT2D eigenvalue weighted by atomic mass is 19.4. The average Bonchev–Trinajstić information content (AvgIpc) is 3.11. The van der Waals surface area contributed by atoms with E-state index in [0.717, 1.165) is 0 Å². The number of nitrogens with two attached hydrogens (primary N) is 1. The van der Waals surface area contributed by atoms with E-state index in [1.165, 1.54) is 4.52 Å². The van der Waals surface area contributed by atoms with Gasteiger partial charge in [0.2, 0.25) is 11.8 Å². The van der Waals surface area contributed by atoms with Crippen LogP contribution in [-0.4, -0.2) is 38.6 Å². The fourth-order valence-corrected chi connectivity index (χ4v) is 4.45. The minimum atomic E-state index is -4.44. The Kier molecular flexibility index (Phi) is 5.65. The summed E-state index contributed by atoms with van der Waals surface area (Å²) in [5, 5.41) is 6.31. The molecule has 2 aromatic heterocycles. The van der Waals surface area contributed by atoms with Crippen molar-refractivity contribution in [2.24, 2.45) is 17.6 Å². The number of alkyl halides is 5. The summed E-state index contributed by atoms with van der Waals surface area (Å²) in [6, 6.07) is -0.556. The van der Waals surface area contributed by atoms with E-state index in [4.69, 9.17) is 5.73 Å². The molecule has 0 bridgehead atoms. The van der Waals surface area contributed by atoms with Crippen molar-refractivity contribution in [2.45, 2.75) is 69.1 Å². The molecule has 2 aliphatic rings. The van der Waals surface area contributed by atoms with Crippen molar-refractivity contribution in [1.29, 1.82) is 0 Å². The highest BCUT2D eigenvalue weighted by molar-refractivity contribution is 5.80. The van der Waals surface area contributed by atoms with E-state index in [-0.39, 0.29) is 38.0 Å². The third-order valence-corrected chi connectivity index (χ3v) is 6.37. The summed E-state index contributed by atoms with van der Waals surface area (Å²) in [5.74, 6) is -3.90. The lowest BCUT2D eigenvalue weighted by Crippen LogP contribution is -2.51. The van der Waals surface area contributed by atoms with Crippen LogP contribution in [0.4, 0.5) is 22.0 Å². The number of imidazole rings is 1. The molecular weight excluding hydrogens is 421 g/mol. The largest absolute Gasteiger partial charge is 0.408 e. The number of aromatic nitrogens is 3. The van der Waals surface area contributed by atoms with Gasteiger partial charge in [0.15, 0.2) is 5.65 Å². The summed E-state index contributed by atoms with van der Waals surface area (Å²) >= 11 is 0. The zero-order valence-corrected chi connectivity index (χ0v) is 16.7. The lowest BCUT2D eigenvalue weighted by Gasteiger charge is -2.31. The van der Waals surface area contributed by atoms with Crippen LogP contribution in [0.1, 0.15) is 55.8 Å². The maximum Gasteiger partial charge on any atom is 0.408 e. The minimum absolute atomic E-state index is 0.0866. The molecule has 2 fully saturated rings. The predicted molar refractivity (Wildman–Crippen MR) is 101 cm³/mol. The van der Waals surface area contributed by atoms with Crippen LogP contribution in [-0.2, 0) is 11.2 Å². The molecule has 0 aromatic carbocycles. The Labute approximate surface area is 175 Å². The number of nitrogens with zero attached hydrogens (tertiary/aromatic N) is 3. The van der Waals surface area contributed by atoms with Gasteiger partial charge in [0.1, 0.15) is 6.04 Å². The fraction of sp³-hybridized carbons (Fsp3) is 0.650. The molecule has 1 saturated heterocycles. The Morgan fingerprint density at radius 2 is 1.94 bits per heavy atom. The van der Waals surface area contributed by atoms with Crippen LogP contribution in [0.3, 0.4) is 0 Å². The van der Waals surface area contributed by atoms with Crippen LogP contribution in [0.2, 0.25) is 0 Å². The van der Waals surface area contributed by atoms with Gasteiger partial charge in [-0.05, 0) is 49.7 Å². The van der Waals surface area contributed by atoms with E-state index < -0.39 is 36.0 Å². The molecule has 11 heteroatoms. The molecule has 4 rings (SSSR count). The summed E-state index contributed by atoms with van der Waals surface area (Å²) in [6.07, 6.45) is -0.693. The van der Waals surface area contributed by atoms with Gasteiger partial charge in [0.05, 0.1) is 24.1 Å². The third-order valence-electron chi connectivity index (χ3n) is 6.37. The quantitative estimate of drug-likeness (QED) is 0.705. The van der Waals surface area contributed by atoms with E-state index in [9.17, 15) is 26.7 Å². The Morgan fingerprint density at radius 1 is 1.23 bits per heavy atom. The second kappa shape index (κ2) is 7.99. The molecule has 2 unspecified atom stereocenters. The molecule has 170 valence electrons. The van der Waals surface area contributed by atoms with Crippen molar-refractivity contribution in [3.63, 3.8) is 0 Å². The Bertz CT molecular complexity index is 949. The monoisotopic (exact) mass is 445 g/mol. The van der Waals surface area contributed by atoms with Gasteiger partial charge in [-0.15, -0.1) is 0 Å². The van der Waals surface area contributed by atoms with Crippen LogP contribution in [0.5, 0.6) is 0 Å². The molecular formula is C20H24F5N5O. The van der Waals surface area contributed by atoms with Crippen LogP contribution >= 0.6 is 0 Å². The van der Waals surface area contributed by atoms with Gasteiger partial charge in [0, 0.05) is 18.8 Å². The first-order valence-electron chi connectivity index (χ1n) is 10.4. The molecule has 3 N–H and O–H groups in total. The molecule has 1 aliphatic carbocycles. The molecule has 1 saturated carbocycles. The van der Waals surface area contributed by atoms with Crippen molar-refractivity contribution in [3.8, 4) is 0 Å². The number of carbonyl (C=O) groups excluding carboxylic acids is 1. The molecule has 6 nitrogen and oxygen atoms in total. The fourth-order valence-electron chi connectivity index (χ4n) is 4.45. The lowest BCUT2D eigenvalue weighted by molar-refractivity contribution is -0.169. The standard InChI is InChI=1S/C20H24F5N5O/c21-19(22)5-3-12(4-6-19)17(26)14-10-30-16(28-14)8-11(9-27-30)7-13-1-2-15(20(23,24)25)29-18(13)31/h8-10,12-13,15,17H,1-7,26H2,(H,29,31)/t13?,15?,17-/m0/s1. The average molecular weight is 445 g/mol. The van der Waals surface area contributed by atoms with E-state index in [2.05, 4.69) is 10.1 Å². The van der Waals surface area contributed by atoms with Gasteiger partial charge < -0.3 is 11.1 Å². The highest BCUT2D eigenvalue weighted by Gasteiger charge is 2.44. The summed E-state index contributed by atoms with van der Waals surface area (Å²) in [6.45, 7) is 0. The van der Waals surface area contributed by atoms with Crippen LogP contribution < -0.4 is 11.1 Å². The number of hydrogen-bond acceptors (Lipinski definition) is 4. The molecule has 31 heavy (non-hydrogen) atoms. The van der Waals surface area contributed by atoms with Gasteiger partial charge in [-0.25, -0.2) is 18.3 Å². The summed E-state index contributed by atoms with van der Waals surface area (Å²) < 4.78 is 66.7. The molecule has 1 amide bonds. The smallest absolute Gasteiger partial charge is 0.344 e. The zero-order chi connectivity index (χ0) is 22.4. The van der Waals surface area contributed by atoms with Crippen molar-refractivity contribution >= 4 is 11.6 Å². The van der Waals surface area contributed by atoms with E-state index in [0.29, 0.717) is 29.7 Å². The summed E-state index contributed by atoms with van der Waals surface area (Å²) in [7, 11) is 0. The van der Waals surface area contributed by atoms with E-state index in [1.54, 1.807) is 18.5 Å². The van der Waals surface area contributed by atoms with Crippen LogP contribution in [0.25, 0.3) is 5.65 Å². The summed E-state index contributed by atoms with van der Waals surface area (Å²) in [5.41, 5.74) is 8.02. The number of hydrogen-bond donors (Lipinski definition) is 2. The minimum Gasteiger partial charge on any atom is -0.344 e. The van der Waals surface area contributed by atoms with Crippen LogP contribution in [0, 0.1) is 11.8 Å². The normalized spacial score (nSPS) is 26.1. The second-order valence-corrected chi connectivity index (χ2v) is 8.63. The molecule has 0 radical (unpaired) electrons. The molecule has 3 atom stereocenters. The number of carbonyl (C=O) groups is 1. The number of halogens is 5. The first-order valence-corrected chi connectivity index (χ1v) is 10.4. The zero-order valence-electron chi connectivity index (χ0n) is 16.7. The number of piperidine rings is 1.